The van der Waals surface area contributed by atoms with Gasteiger partial charge in [-0.2, -0.15) is 8.78 Å². The van der Waals surface area contributed by atoms with Crippen molar-refractivity contribution in [1.82, 2.24) is 0 Å². The van der Waals surface area contributed by atoms with Gasteiger partial charge >= 0.3 is 6.11 Å². The van der Waals surface area contributed by atoms with Gasteiger partial charge in [0.05, 0.1) is 13.0 Å². The number of rotatable bonds is 10. The molecule has 2 fully saturated rings. The summed E-state index contributed by atoms with van der Waals surface area (Å²) in [5, 5.41) is 0. The van der Waals surface area contributed by atoms with E-state index in [-0.39, 0.29) is 13.0 Å². The Balaban J connectivity index is 1.23. The van der Waals surface area contributed by atoms with Crippen LogP contribution < -0.4 is 0 Å². The Hall–Kier alpha value is -2.00. The summed E-state index contributed by atoms with van der Waals surface area (Å²) in [5.74, 6) is 2.75. The Morgan fingerprint density at radius 3 is 1.83 bits per heavy atom. The second-order valence-electron chi connectivity index (χ2n) is 11.2. The summed E-state index contributed by atoms with van der Waals surface area (Å²) in [5.41, 5.74) is 4.05. The van der Waals surface area contributed by atoms with Gasteiger partial charge in [0.2, 0.25) is 0 Å². The number of ether oxygens (including phenoxy) is 1. The number of hydrogen-bond acceptors (Lipinski definition) is 1. The van der Waals surface area contributed by atoms with Gasteiger partial charge in [-0.25, -0.2) is 0 Å². The van der Waals surface area contributed by atoms with E-state index in [1.165, 1.54) is 75.3 Å². The highest BCUT2D eigenvalue weighted by molar-refractivity contribution is 5.27. The lowest BCUT2D eigenvalue weighted by Gasteiger charge is -2.28. The topological polar surface area (TPSA) is 9.23 Å². The minimum atomic E-state index is -3.18. The summed E-state index contributed by atoms with van der Waals surface area (Å²) in [4.78, 5) is 0. The average molecular weight is 495 g/mol. The van der Waals surface area contributed by atoms with Crippen LogP contribution in [0.5, 0.6) is 0 Å². The largest absolute Gasteiger partial charge is 0.360 e. The molecule has 2 aliphatic rings. The van der Waals surface area contributed by atoms with Crippen LogP contribution in [0, 0.1) is 11.8 Å². The van der Waals surface area contributed by atoms with Crippen LogP contribution in [-0.4, -0.2) is 6.11 Å². The zero-order valence-corrected chi connectivity index (χ0v) is 22.2. The normalized spacial score (nSPS) is 25.3. The molecule has 0 unspecified atom stereocenters. The molecule has 0 heterocycles. The first-order valence-electron chi connectivity index (χ1n) is 14.3. The third-order valence-electron chi connectivity index (χ3n) is 8.54. The molecular weight excluding hydrogens is 450 g/mol. The predicted octanol–water partition coefficient (Wildman–Crippen LogP) is 9.96. The third kappa shape index (κ3) is 7.75. The van der Waals surface area contributed by atoms with Gasteiger partial charge in [0.1, 0.15) is 0 Å². The minimum absolute atomic E-state index is 0.0690. The summed E-state index contributed by atoms with van der Waals surface area (Å²) >= 11 is 0. The van der Waals surface area contributed by atoms with E-state index in [2.05, 4.69) is 50.3 Å². The lowest BCUT2D eigenvalue weighted by molar-refractivity contribution is -0.244. The molecular formula is C33H44F2O. The second kappa shape index (κ2) is 13.0. The maximum absolute atomic E-state index is 14.6. The van der Waals surface area contributed by atoms with Crippen molar-refractivity contribution in [2.24, 2.45) is 11.8 Å². The Bertz CT molecular complexity index is 931. The molecule has 0 N–H and O–H groups in total. The number of hydrogen-bond donors (Lipinski definition) is 0. The van der Waals surface area contributed by atoms with Crippen LogP contribution in [0.4, 0.5) is 8.78 Å². The number of allylic oxidation sites excluding steroid dienone is 2. The number of benzene rings is 2. The van der Waals surface area contributed by atoms with Gasteiger partial charge in [-0.05, 0) is 104 Å². The summed E-state index contributed by atoms with van der Waals surface area (Å²) in [7, 11) is 0. The molecule has 0 atom stereocenters. The quantitative estimate of drug-likeness (QED) is 0.299. The highest BCUT2D eigenvalue weighted by atomic mass is 19.3. The van der Waals surface area contributed by atoms with Crippen molar-refractivity contribution < 1.29 is 13.5 Å². The van der Waals surface area contributed by atoms with Gasteiger partial charge in [-0.3, -0.25) is 0 Å². The lowest BCUT2D eigenvalue weighted by Crippen LogP contribution is -2.23. The molecule has 0 aliphatic heterocycles. The van der Waals surface area contributed by atoms with Gasteiger partial charge < -0.3 is 4.74 Å². The van der Waals surface area contributed by atoms with E-state index in [4.69, 9.17) is 4.74 Å². The molecule has 0 amide bonds. The molecule has 0 spiro atoms. The lowest BCUT2D eigenvalue weighted by atomic mass is 9.77. The van der Waals surface area contributed by atoms with Crippen molar-refractivity contribution in [1.29, 1.82) is 0 Å². The molecule has 0 saturated heterocycles. The first-order chi connectivity index (χ1) is 17.5. The van der Waals surface area contributed by atoms with Gasteiger partial charge in [0.25, 0.3) is 0 Å². The van der Waals surface area contributed by atoms with Crippen molar-refractivity contribution >= 4 is 0 Å². The van der Waals surface area contributed by atoms with Crippen LogP contribution in [0.2, 0.25) is 0 Å². The fraction of sp³-hybridized carbons (Fsp3) is 0.576. The van der Waals surface area contributed by atoms with Crippen LogP contribution in [0.3, 0.4) is 0 Å². The van der Waals surface area contributed by atoms with Gasteiger partial charge in [0.15, 0.2) is 0 Å². The zero-order chi connectivity index (χ0) is 25.4. The monoisotopic (exact) mass is 494 g/mol. The van der Waals surface area contributed by atoms with Crippen LogP contribution in [-0.2, 0) is 17.8 Å². The Morgan fingerprint density at radius 2 is 1.31 bits per heavy atom. The van der Waals surface area contributed by atoms with E-state index in [0.29, 0.717) is 23.3 Å². The summed E-state index contributed by atoms with van der Waals surface area (Å²) in [6.45, 7) is 4.28. The molecule has 4 rings (SSSR count). The molecule has 2 aromatic rings. The third-order valence-corrected chi connectivity index (χ3v) is 8.54. The van der Waals surface area contributed by atoms with Crippen molar-refractivity contribution in [3.63, 3.8) is 0 Å². The van der Waals surface area contributed by atoms with E-state index in [1.54, 1.807) is 0 Å². The SMILES string of the molecule is C/C=C/C1CCC(c2ccc(COC(F)(F)Cc3ccc(C4CCC(CCC)CC4)cc3)cc2)CC1. The number of halogens is 2. The maximum atomic E-state index is 14.6. The molecule has 0 radical (unpaired) electrons. The zero-order valence-electron chi connectivity index (χ0n) is 22.2. The van der Waals surface area contributed by atoms with Crippen molar-refractivity contribution in [2.45, 2.75) is 109 Å². The first-order valence-corrected chi connectivity index (χ1v) is 14.3. The molecule has 0 bridgehead atoms. The average Bonchev–Trinajstić information content (AvgIpc) is 2.90. The molecule has 2 saturated carbocycles. The maximum Gasteiger partial charge on any atom is 0.360 e. The smallest absolute Gasteiger partial charge is 0.315 e. The molecule has 1 nitrogen and oxygen atoms in total. The van der Waals surface area contributed by atoms with Crippen molar-refractivity contribution in [3.8, 4) is 0 Å². The summed E-state index contributed by atoms with van der Waals surface area (Å²) in [6.07, 6.45) is 13.4. The van der Waals surface area contributed by atoms with Crippen molar-refractivity contribution in [2.75, 3.05) is 0 Å². The van der Waals surface area contributed by atoms with Gasteiger partial charge in [-0.15, -0.1) is 0 Å². The highest BCUT2D eigenvalue weighted by Crippen LogP contribution is 2.38. The molecule has 196 valence electrons. The molecule has 2 aromatic carbocycles. The van der Waals surface area contributed by atoms with E-state index >= 15 is 0 Å². The standard InChI is InChI=1S/C33H44F2O/c1-3-5-25-7-15-29(16-8-25)31-19-11-27(12-20-31)23-33(34,35)36-24-28-13-21-32(22-14-28)30-17-9-26(6-4-2)10-18-30/h4,6,11-14,19-22,25-26,29-30H,3,5,7-10,15-18,23-24H2,1-2H3/b6-4+. The first kappa shape index (κ1) is 27.0. The summed E-state index contributed by atoms with van der Waals surface area (Å²) in [6, 6.07) is 16.0. The van der Waals surface area contributed by atoms with Gasteiger partial charge in [-0.1, -0.05) is 80.4 Å². The van der Waals surface area contributed by atoms with Crippen LogP contribution >= 0.6 is 0 Å². The fourth-order valence-electron chi connectivity index (χ4n) is 6.38. The fourth-order valence-corrected chi connectivity index (χ4v) is 6.38. The minimum Gasteiger partial charge on any atom is -0.315 e. The Labute approximate surface area is 217 Å². The van der Waals surface area contributed by atoms with Crippen LogP contribution in [0.1, 0.15) is 112 Å². The molecule has 3 heteroatoms. The van der Waals surface area contributed by atoms with E-state index in [0.717, 1.165) is 11.5 Å². The Morgan fingerprint density at radius 1 is 0.778 bits per heavy atom. The Kier molecular flexibility index (Phi) is 9.76. The van der Waals surface area contributed by atoms with Crippen molar-refractivity contribution in [3.05, 3.63) is 82.9 Å². The molecule has 0 aromatic heterocycles. The second-order valence-corrected chi connectivity index (χ2v) is 11.2. The van der Waals surface area contributed by atoms with E-state index in [1.807, 2.05) is 24.3 Å². The van der Waals surface area contributed by atoms with Crippen LogP contribution in [0.25, 0.3) is 0 Å². The molecule has 2 aliphatic carbocycles. The van der Waals surface area contributed by atoms with Gasteiger partial charge in [0, 0.05) is 0 Å². The van der Waals surface area contributed by atoms with E-state index < -0.39 is 6.11 Å². The molecule has 36 heavy (non-hydrogen) atoms. The van der Waals surface area contributed by atoms with Crippen LogP contribution in [0.15, 0.2) is 60.7 Å². The number of alkyl halides is 2. The van der Waals surface area contributed by atoms with E-state index in [9.17, 15) is 8.78 Å². The highest BCUT2D eigenvalue weighted by Gasteiger charge is 2.31. The predicted molar refractivity (Wildman–Crippen MR) is 145 cm³/mol. The summed E-state index contributed by atoms with van der Waals surface area (Å²) < 4.78 is 34.3.